The third-order valence-electron chi connectivity index (χ3n) is 8.45. The number of likely N-dealkylation sites (N-methyl/N-ethyl adjacent to an activating group) is 1. The molecule has 2 aliphatic rings. The Morgan fingerprint density at radius 3 is 2.52 bits per heavy atom. The van der Waals surface area contributed by atoms with E-state index in [2.05, 4.69) is 62.5 Å². The highest BCUT2D eigenvalue weighted by Crippen LogP contribution is 2.27. The Hall–Kier alpha value is -3.72. The van der Waals surface area contributed by atoms with E-state index in [1.807, 2.05) is 17.8 Å². The van der Waals surface area contributed by atoms with Gasteiger partial charge in [0.2, 0.25) is 5.95 Å². The van der Waals surface area contributed by atoms with Crippen LogP contribution < -0.4 is 5.32 Å². The molecule has 12 nitrogen and oxygen atoms in total. The van der Waals surface area contributed by atoms with Gasteiger partial charge < -0.3 is 10.2 Å². The molecule has 2 aliphatic heterocycles. The number of rotatable bonds is 8. The van der Waals surface area contributed by atoms with Crippen molar-refractivity contribution in [2.24, 2.45) is 7.05 Å². The number of halogens is 1. The Labute approximate surface area is 257 Å². The highest BCUT2D eigenvalue weighted by molar-refractivity contribution is 7.89. The van der Waals surface area contributed by atoms with Crippen LogP contribution in [0.15, 0.2) is 54.1 Å². The lowest BCUT2D eigenvalue weighted by atomic mass is 10.1. The molecule has 1 N–H and O–H groups in total. The molecule has 3 aromatic heterocycles. The van der Waals surface area contributed by atoms with Gasteiger partial charge in [0.05, 0.1) is 23.6 Å². The molecule has 5 heterocycles. The Kier molecular flexibility index (Phi) is 8.51. The molecule has 1 aromatic carbocycles. The van der Waals surface area contributed by atoms with Crippen LogP contribution in [0.4, 0.5) is 10.3 Å². The van der Waals surface area contributed by atoms with Crippen LogP contribution in [0.5, 0.6) is 0 Å². The molecule has 0 unspecified atom stereocenters. The summed E-state index contributed by atoms with van der Waals surface area (Å²) in [5, 5.41) is 11.6. The minimum Gasteiger partial charge on any atom is -0.348 e. The first-order chi connectivity index (χ1) is 21.1. The molecular weight excluding hydrogens is 583 g/mol. The van der Waals surface area contributed by atoms with Gasteiger partial charge in [0.15, 0.2) is 5.03 Å². The summed E-state index contributed by atoms with van der Waals surface area (Å²) in [7, 11) is -0.0565. The van der Waals surface area contributed by atoms with E-state index in [9.17, 15) is 8.42 Å². The fraction of sp³-hybridized carbons (Fsp3) is 0.467. The number of hydrogen-bond donors (Lipinski definition) is 1. The maximum absolute atomic E-state index is 15.3. The quantitative estimate of drug-likeness (QED) is 0.317. The summed E-state index contributed by atoms with van der Waals surface area (Å²) in [6.45, 7) is 9.20. The van der Waals surface area contributed by atoms with E-state index < -0.39 is 22.2 Å². The number of piperazine rings is 1. The topological polar surface area (TPSA) is 117 Å². The summed E-state index contributed by atoms with van der Waals surface area (Å²) in [6, 6.07) is 7.30. The number of nitrogens with zero attached hydrogens (tertiary/aromatic N) is 9. The second kappa shape index (κ2) is 12.3. The minimum atomic E-state index is -3.86. The first kappa shape index (κ1) is 30.3. The van der Waals surface area contributed by atoms with Gasteiger partial charge in [0.25, 0.3) is 10.0 Å². The third kappa shape index (κ3) is 6.39. The fourth-order valence-electron chi connectivity index (χ4n) is 5.81. The standard InChI is InChI=1S/C30H39FN10O2S/c1-21-15-23(18-39-13-11-37(3)12-14-39)5-6-27(21)41-19-24(17-33-41)29-22(2)16-32-30(35-29)34-26-7-10-40(20-25(26)31)44(42,43)28-8-9-38(4)36-28/h5-6,8-9,15-17,19,25-26H,7,10-14,18,20H2,1-4H3,(H,32,34,35)/t25-,26+/m1/s1. The number of alkyl halides is 1. The van der Waals surface area contributed by atoms with E-state index in [0.717, 1.165) is 59.4 Å². The predicted octanol–water partition coefficient (Wildman–Crippen LogP) is 2.64. The van der Waals surface area contributed by atoms with Crippen molar-refractivity contribution in [3.05, 3.63) is 65.7 Å². The molecule has 0 bridgehead atoms. The van der Waals surface area contributed by atoms with Gasteiger partial charge in [-0.3, -0.25) is 9.58 Å². The Balaban J connectivity index is 1.12. The van der Waals surface area contributed by atoms with Gasteiger partial charge >= 0.3 is 0 Å². The summed E-state index contributed by atoms with van der Waals surface area (Å²) < 4.78 is 45.5. The van der Waals surface area contributed by atoms with Gasteiger partial charge in [0, 0.05) is 77.0 Å². The average molecular weight is 623 g/mol. The average Bonchev–Trinajstić information content (AvgIpc) is 3.66. The first-order valence-electron chi connectivity index (χ1n) is 14.9. The summed E-state index contributed by atoms with van der Waals surface area (Å²) >= 11 is 0. The molecule has 6 rings (SSSR count). The van der Waals surface area contributed by atoms with Crippen LogP contribution in [-0.2, 0) is 23.6 Å². The molecule has 0 aliphatic carbocycles. The highest BCUT2D eigenvalue weighted by Gasteiger charge is 2.37. The van der Waals surface area contributed by atoms with Crippen molar-refractivity contribution in [1.29, 1.82) is 0 Å². The number of sulfonamides is 1. The second-order valence-electron chi connectivity index (χ2n) is 11.8. The Morgan fingerprint density at radius 2 is 1.82 bits per heavy atom. The van der Waals surface area contributed by atoms with Gasteiger partial charge in [-0.05, 0) is 56.1 Å². The molecule has 0 spiro atoms. The number of aryl methyl sites for hydroxylation is 3. The molecule has 2 fully saturated rings. The number of hydrogen-bond acceptors (Lipinski definition) is 9. The van der Waals surface area contributed by atoms with Crippen molar-refractivity contribution in [1.82, 2.24) is 43.6 Å². The zero-order valence-corrected chi connectivity index (χ0v) is 26.4. The maximum atomic E-state index is 15.3. The van der Waals surface area contributed by atoms with Crippen LogP contribution in [0.25, 0.3) is 16.9 Å². The van der Waals surface area contributed by atoms with Gasteiger partial charge in [-0.15, -0.1) is 0 Å². The zero-order valence-electron chi connectivity index (χ0n) is 25.6. The molecule has 2 saturated heterocycles. The van der Waals surface area contributed by atoms with Crippen LogP contribution in [-0.4, -0.2) is 111 Å². The van der Waals surface area contributed by atoms with E-state index in [-0.39, 0.29) is 30.5 Å². The van der Waals surface area contributed by atoms with Gasteiger partial charge in [0.1, 0.15) is 6.17 Å². The zero-order chi connectivity index (χ0) is 31.0. The number of piperidine rings is 1. The fourth-order valence-corrected chi connectivity index (χ4v) is 7.22. The molecule has 14 heteroatoms. The van der Waals surface area contributed by atoms with Crippen molar-refractivity contribution in [3.8, 4) is 16.9 Å². The highest BCUT2D eigenvalue weighted by atomic mass is 32.2. The number of anilines is 1. The van der Waals surface area contributed by atoms with Crippen LogP contribution in [0.2, 0.25) is 0 Å². The summed E-state index contributed by atoms with van der Waals surface area (Å²) in [5.74, 6) is 0.288. The lowest BCUT2D eigenvalue weighted by molar-refractivity contribution is 0.148. The number of nitrogens with one attached hydrogen (secondary N) is 1. The van der Waals surface area contributed by atoms with Crippen LogP contribution in [0, 0.1) is 13.8 Å². The molecular formula is C30H39FN10O2S. The minimum absolute atomic E-state index is 0.0811. The van der Waals surface area contributed by atoms with Crippen molar-refractivity contribution < 1.29 is 12.8 Å². The van der Waals surface area contributed by atoms with E-state index in [4.69, 9.17) is 4.98 Å². The summed E-state index contributed by atoms with van der Waals surface area (Å²) in [6.07, 6.45) is 5.80. The lowest BCUT2D eigenvalue weighted by Crippen LogP contribution is -2.50. The first-order valence-corrected chi connectivity index (χ1v) is 16.3. The number of aromatic nitrogens is 6. The summed E-state index contributed by atoms with van der Waals surface area (Å²) in [5.41, 5.74) is 5.81. The molecule has 0 radical (unpaired) electrons. The normalized spacial score (nSPS) is 20.7. The SMILES string of the molecule is Cc1cc(CN2CCN(C)CC2)ccc1-n1cc(-c2nc(N[C@H]3CCN(S(=O)(=O)c4ccn(C)n4)C[C@H]3F)ncc2C)cn1. The van der Waals surface area contributed by atoms with Gasteiger partial charge in [-0.2, -0.15) is 14.5 Å². The van der Waals surface area contributed by atoms with Crippen LogP contribution in [0.3, 0.4) is 0 Å². The Bertz CT molecular complexity index is 1730. The molecule has 4 aromatic rings. The van der Waals surface area contributed by atoms with Crippen molar-refractivity contribution >= 4 is 16.0 Å². The third-order valence-corrected chi connectivity index (χ3v) is 10.2. The van der Waals surface area contributed by atoms with Crippen molar-refractivity contribution in [2.75, 3.05) is 51.6 Å². The molecule has 2 atom stereocenters. The van der Waals surface area contributed by atoms with Crippen molar-refractivity contribution in [3.63, 3.8) is 0 Å². The van der Waals surface area contributed by atoms with Crippen LogP contribution >= 0.6 is 0 Å². The largest absolute Gasteiger partial charge is 0.348 e. The maximum Gasteiger partial charge on any atom is 0.262 e. The molecule has 0 saturated carbocycles. The summed E-state index contributed by atoms with van der Waals surface area (Å²) in [4.78, 5) is 13.9. The lowest BCUT2D eigenvalue weighted by Gasteiger charge is -2.33. The van der Waals surface area contributed by atoms with Crippen molar-refractivity contribution in [2.45, 2.75) is 44.1 Å². The molecule has 44 heavy (non-hydrogen) atoms. The number of benzene rings is 1. The molecule has 234 valence electrons. The van der Waals surface area contributed by atoms with E-state index >= 15 is 4.39 Å². The smallest absolute Gasteiger partial charge is 0.262 e. The van der Waals surface area contributed by atoms with Gasteiger partial charge in [-0.1, -0.05) is 12.1 Å². The van der Waals surface area contributed by atoms with E-state index in [1.165, 1.54) is 16.3 Å². The van der Waals surface area contributed by atoms with Crippen LogP contribution in [0.1, 0.15) is 23.1 Å². The predicted molar refractivity (Wildman–Crippen MR) is 166 cm³/mol. The molecule has 0 amide bonds. The monoisotopic (exact) mass is 622 g/mol. The van der Waals surface area contributed by atoms with E-state index in [0.29, 0.717) is 5.69 Å². The second-order valence-corrected chi connectivity index (χ2v) is 13.7. The van der Waals surface area contributed by atoms with Gasteiger partial charge in [-0.25, -0.2) is 27.5 Å². The Morgan fingerprint density at radius 1 is 1.02 bits per heavy atom. The van der Waals surface area contributed by atoms with E-state index in [1.54, 1.807) is 25.6 Å².